The van der Waals surface area contributed by atoms with Gasteiger partial charge in [0.1, 0.15) is 5.60 Å². The molecule has 17 heavy (non-hydrogen) atoms. The van der Waals surface area contributed by atoms with Crippen molar-refractivity contribution < 1.29 is 5.11 Å². The van der Waals surface area contributed by atoms with Crippen LogP contribution in [0.25, 0.3) is 0 Å². The third-order valence-electron chi connectivity index (χ3n) is 4.14. The molecule has 1 N–H and O–H groups in total. The van der Waals surface area contributed by atoms with E-state index in [-0.39, 0.29) is 0 Å². The second kappa shape index (κ2) is 4.62. The van der Waals surface area contributed by atoms with Gasteiger partial charge in [-0.25, -0.2) is 0 Å². The molecule has 0 atom stereocenters. The number of aryl methyl sites for hydroxylation is 1. The van der Waals surface area contributed by atoms with Crippen LogP contribution >= 0.6 is 11.6 Å². The first-order valence-electron chi connectivity index (χ1n) is 6.34. The Labute approximate surface area is 108 Å². The van der Waals surface area contributed by atoms with Crippen LogP contribution in [0.15, 0.2) is 6.20 Å². The minimum atomic E-state index is -0.784. The smallest absolute Gasteiger partial charge is 0.108 e. The van der Waals surface area contributed by atoms with Crippen molar-refractivity contribution in [2.24, 2.45) is 18.9 Å². The largest absolute Gasteiger partial charge is 0.384 e. The van der Waals surface area contributed by atoms with Gasteiger partial charge in [-0.1, -0.05) is 25.4 Å². The lowest BCUT2D eigenvalue weighted by atomic mass is 9.73. The molecule has 3 nitrogen and oxygen atoms in total. The lowest BCUT2D eigenvalue weighted by Crippen LogP contribution is -2.35. The molecule has 0 aromatic carbocycles. The van der Waals surface area contributed by atoms with E-state index >= 15 is 0 Å². The molecule has 0 radical (unpaired) electrons. The molecule has 1 aromatic heterocycles. The molecule has 0 spiro atoms. The van der Waals surface area contributed by atoms with Crippen LogP contribution in [0.3, 0.4) is 0 Å². The van der Waals surface area contributed by atoms with Gasteiger partial charge in [0.2, 0.25) is 0 Å². The molecule has 1 aliphatic rings. The molecule has 2 rings (SSSR count). The van der Waals surface area contributed by atoms with Crippen LogP contribution in [-0.4, -0.2) is 14.9 Å². The lowest BCUT2D eigenvalue weighted by Gasteiger charge is -2.37. The van der Waals surface area contributed by atoms with Crippen molar-refractivity contribution in [1.82, 2.24) is 9.78 Å². The zero-order valence-corrected chi connectivity index (χ0v) is 11.5. The fourth-order valence-electron chi connectivity index (χ4n) is 2.96. The molecule has 1 aromatic rings. The summed E-state index contributed by atoms with van der Waals surface area (Å²) in [5.74, 6) is 1.42. The van der Waals surface area contributed by atoms with Gasteiger partial charge in [0, 0.05) is 7.05 Å². The van der Waals surface area contributed by atoms with E-state index in [0.717, 1.165) is 37.3 Å². The van der Waals surface area contributed by atoms with Gasteiger partial charge >= 0.3 is 0 Å². The van der Waals surface area contributed by atoms with Crippen LogP contribution in [0.5, 0.6) is 0 Å². The number of hydrogen-bond donors (Lipinski definition) is 1. The zero-order chi connectivity index (χ0) is 12.6. The van der Waals surface area contributed by atoms with Crippen molar-refractivity contribution in [2.45, 2.75) is 45.1 Å². The van der Waals surface area contributed by atoms with Crippen molar-refractivity contribution in [3.05, 3.63) is 16.9 Å². The van der Waals surface area contributed by atoms with Crippen LogP contribution in [0.1, 0.15) is 45.2 Å². The van der Waals surface area contributed by atoms with Crippen LogP contribution in [0, 0.1) is 11.8 Å². The summed E-state index contributed by atoms with van der Waals surface area (Å²) in [4.78, 5) is 0. The number of rotatable bonds is 2. The first-order valence-corrected chi connectivity index (χ1v) is 6.72. The van der Waals surface area contributed by atoms with Gasteiger partial charge in [-0.3, -0.25) is 4.68 Å². The second-order valence-corrected chi connectivity index (χ2v) is 5.98. The molecule has 0 aliphatic heterocycles. The second-order valence-electron chi connectivity index (χ2n) is 5.58. The SMILES string of the molecule is CC(C)C1CCC(O)(c2c(Cl)cnn2C)CC1. The third kappa shape index (κ3) is 2.36. The molecule has 0 saturated heterocycles. The van der Waals surface area contributed by atoms with Gasteiger partial charge in [0.15, 0.2) is 0 Å². The number of nitrogens with zero attached hydrogens (tertiary/aromatic N) is 2. The predicted octanol–water partition coefficient (Wildman–Crippen LogP) is 3.11. The van der Waals surface area contributed by atoms with Crippen molar-refractivity contribution in [3.8, 4) is 0 Å². The van der Waals surface area contributed by atoms with Crippen molar-refractivity contribution in [1.29, 1.82) is 0 Å². The Hall–Kier alpha value is -0.540. The topological polar surface area (TPSA) is 38.1 Å². The van der Waals surface area contributed by atoms with E-state index in [1.165, 1.54) is 0 Å². The lowest BCUT2D eigenvalue weighted by molar-refractivity contribution is -0.0263. The molecule has 1 fully saturated rings. The van der Waals surface area contributed by atoms with Crippen LogP contribution in [-0.2, 0) is 12.6 Å². The van der Waals surface area contributed by atoms with Gasteiger partial charge < -0.3 is 5.11 Å². The predicted molar refractivity (Wildman–Crippen MR) is 68.9 cm³/mol. The molecule has 0 unspecified atom stereocenters. The van der Waals surface area contributed by atoms with Crippen molar-refractivity contribution >= 4 is 11.6 Å². The maximum absolute atomic E-state index is 10.7. The quantitative estimate of drug-likeness (QED) is 0.883. The minimum Gasteiger partial charge on any atom is -0.384 e. The van der Waals surface area contributed by atoms with Crippen molar-refractivity contribution in [3.63, 3.8) is 0 Å². The average Bonchev–Trinajstić information content (AvgIpc) is 2.59. The van der Waals surface area contributed by atoms with E-state index in [2.05, 4.69) is 18.9 Å². The van der Waals surface area contributed by atoms with E-state index < -0.39 is 5.60 Å². The number of hydrogen-bond acceptors (Lipinski definition) is 2. The van der Waals surface area contributed by atoms with E-state index in [0.29, 0.717) is 10.9 Å². The Bertz CT molecular complexity index is 373. The van der Waals surface area contributed by atoms with Gasteiger partial charge in [-0.15, -0.1) is 0 Å². The van der Waals surface area contributed by atoms with E-state index in [1.807, 2.05) is 7.05 Å². The Kier molecular flexibility index (Phi) is 3.50. The van der Waals surface area contributed by atoms with Gasteiger partial charge in [0.05, 0.1) is 16.9 Å². The molecule has 4 heteroatoms. The third-order valence-corrected chi connectivity index (χ3v) is 4.41. The summed E-state index contributed by atoms with van der Waals surface area (Å²) in [7, 11) is 1.84. The average molecular weight is 257 g/mol. The summed E-state index contributed by atoms with van der Waals surface area (Å²) in [5, 5.41) is 15.4. The summed E-state index contributed by atoms with van der Waals surface area (Å²) >= 11 is 6.12. The van der Waals surface area contributed by atoms with Gasteiger partial charge in [0.25, 0.3) is 0 Å². The highest BCUT2D eigenvalue weighted by Crippen LogP contribution is 2.43. The summed E-state index contributed by atoms with van der Waals surface area (Å²) in [6, 6.07) is 0. The summed E-state index contributed by atoms with van der Waals surface area (Å²) < 4.78 is 1.71. The molecular weight excluding hydrogens is 236 g/mol. The number of halogens is 1. The monoisotopic (exact) mass is 256 g/mol. The molecule has 1 saturated carbocycles. The fourth-order valence-corrected chi connectivity index (χ4v) is 3.30. The summed E-state index contributed by atoms with van der Waals surface area (Å²) in [6.07, 6.45) is 5.32. The fraction of sp³-hybridized carbons (Fsp3) is 0.769. The Balaban J connectivity index is 2.18. The molecule has 96 valence electrons. The molecule has 1 aliphatic carbocycles. The molecule has 0 amide bonds. The minimum absolute atomic E-state index is 0.581. The number of aromatic nitrogens is 2. The normalized spacial score (nSPS) is 29.9. The molecule has 1 heterocycles. The van der Waals surface area contributed by atoms with Crippen molar-refractivity contribution in [2.75, 3.05) is 0 Å². The standard InChI is InChI=1S/C13H21ClN2O/c1-9(2)10-4-6-13(17,7-5-10)12-11(14)8-15-16(12)3/h8-10,17H,4-7H2,1-3H3. The maximum atomic E-state index is 10.7. The molecule has 0 bridgehead atoms. The summed E-state index contributed by atoms with van der Waals surface area (Å²) in [6.45, 7) is 4.51. The summed E-state index contributed by atoms with van der Waals surface area (Å²) in [5.41, 5.74) is -0.00496. The highest BCUT2D eigenvalue weighted by Gasteiger charge is 2.39. The maximum Gasteiger partial charge on any atom is 0.108 e. The highest BCUT2D eigenvalue weighted by atomic mass is 35.5. The van der Waals surface area contributed by atoms with Crippen LogP contribution in [0.2, 0.25) is 5.02 Å². The first-order chi connectivity index (χ1) is 7.94. The Morgan fingerprint density at radius 1 is 1.47 bits per heavy atom. The van der Waals surface area contributed by atoms with E-state index in [1.54, 1.807) is 10.9 Å². The highest BCUT2D eigenvalue weighted by molar-refractivity contribution is 6.31. The van der Waals surface area contributed by atoms with Crippen LogP contribution in [0.4, 0.5) is 0 Å². The van der Waals surface area contributed by atoms with Crippen LogP contribution < -0.4 is 0 Å². The van der Waals surface area contributed by atoms with E-state index in [9.17, 15) is 5.11 Å². The van der Waals surface area contributed by atoms with E-state index in [4.69, 9.17) is 11.6 Å². The zero-order valence-electron chi connectivity index (χ0n) is 10.8. The Morgan fingerprint density at radius 3 is 2.47 bits per heavy atom. The molecular formula is C13H21ClN2O. The Morgan fingerprint density at radius 2 is 2.06 bits per heavy atom. The number of aliphatic hydroxyl groups is 1. The van der Waals surface area contributed by atoms with Gasteiger partial charge in [-0.2, -0.15) is 5.10 Å². The first kappa shape index (κ1) is 12.9. The van der Waals surface area contributed by atoms with Gasteiger partial charge in [-0.05, 0) is 37.5 Å².